The van der Waals surface area contributed by atoms with E-state index in [1.807, 2.05) is 12.1 Å². The molecule has 4 heterocycles. The van der Waals surface area contributed by atoms with Gasteiger partial charge in [0.1, 0.15) is 42.0 Å². The van der Waals surface area contributed by atoms with E-state index in [9.17, 15) is 9.59 Å². The maximum Gasteiger partial charge on any atom is 0.252 e. The van der Waals surface area contributed by atoms with Crippen LogP contribution >= 0.6 is 0 Å². The number of primary amides is 2. The molecule has 4 N–H and O–H groups in total. The molecule has 10 nitrogen and oxygen atoms in total. The number of carbonyl (C=O) groups excluding carboxylic acids is 2. The summed E-state index contributed by atoms with van der Waals surface area (Å²) in [6.45, 7) is 2.13. The SMILES string of the molecule is COC1C=CC2C3Cc4ccc(C(N)=O)c5c4C2(CCN3C)C1O5.COC1C=CC2C3Cc4ccc(C(N)=O)c5c4C2(CC[N+]3(C)C)C1O5.[Y]. The van der Waals surface area contributed by atoms with Crippen LogP contribution in [0, 0.1) is 11.8 Å². The van der Waals surface area contributed by atoms with E-state index in [1.54, 1.807) is 14.2 Å². The molecule has 0 saturated carbocycles. The maximum absolute atomic E-state index is 12.0. The van der Waals surface area contributed by atoms with Crippen molar-refractivity contribution in [1.82, 2.24) is 4.90 Å². The summed E-state index contributed by atoms with van der Waals surface area (Å²) in [5.41, 5.74) is 17.2. The van der Waals surface area contributed by atoms with Gasteiger partial charge in [0.15, 0.2) is 0 Å². The van der Waals surface area contributed by atoms with Crippen molar-refractivity contribution in [2.24, 2.45) is 23.3 Å². The molecule has 2 spiro atoms. The molecule has 2 saturated heterocycles. The molecule has 2 amide bonds. The third-order valence-corrected chi connectivity index (χ3v) is 13.9. The average molecular weight is 757 g/mol. The summed E-state index contributed by atoms with van der Waals surface area (Å²) in [7, 11) is 10.3. The van der Waals surface area contributed by atoms with Gasteiger partial charge < -0.3 is 39.8 Å². The van der Waals surface area contributed by atoms with Crippen molar-refractivity contribution in [3.63, 3.8) is 0 Å². The minimum Gasteiger partial charge on any atom is -0.485 e. The Morgan fingerprint density at radius 1 is 0.800 bits per heavy atom. The van der Waals surface area contributed by atoms with Crippen LogP contribution in [0.4, 0.5) is 0 Å². The Bertz CT molecular complexity index is 1860. The zero-order valence-electron chi connectivity index (χ0n) is 29.6. The van der Waals surface area contributed by atoms with Gasteiger partial charge >= 0.3 is 0 Å². The molecule has 2 fully saturated rings. The summed E-state index contributed by atoms with van der Waals surface area (Å²) in [6, 6.07) is 8.84. The summed E-state index contributed by atoms with van der Waals surface area (Å²) in [4.78, 5) is 26.4. The molecular weight excluding hydrogens is 709 g/mol. The number of ether oxygens (including phenoxy) is 4. The molecule has 10 atom stereocenters. The second-order valence-electron chi connectivity index (χ2n) is 16.1. The van der Waals surface area contributed by atoms with Gasteiger partial charge in [-0.25, -0.2) is 0 Å². The van der Waals surface area contributed by atoms with Crippen molar-refractivity contribution in [3.8, 4) is 11.5 Å². The number of quaternary nitrogens is 1. The van der Waals surface area contributed by atoms with Crippen molar-refractivity contribution < 1.29 is 65.7 Å². The zero-order chi connectivity index (χ0) is 34.2. The molecule has 0 aromatic heterocycles. The van der Waals surface area contributed by atoms with Crippen LogP contribution in [0.5, 0.6) is 11.5 Å². The number of likely N-dealkylation sites (tertiary alicyclic amines) is 2. The fourth-order valence-electron chi connectivity index (χ4n) is 11.6. The molecule has 4 bridgehead atoms. The number of amides is 2. The molecule has 1 radical (unpaired) electrons. The summed E-state index contributed by atoms with van der Waals surface area (Å²) in [6.07, 6.45) is 12.7. The number of methoxy groups -OCH3 is 2. The molecule has 261 valence electrons. The first-order valence-corrected chi connectivity index (χ1v) is 17.7. The first kappa shape index (κ1) is 34.5. The first-order chi connectivity index (χ1) is 23.5. The number of piperidine rings is 2. The summed E-state index contributed by atoms with van der Waals surface area (Å²) >= 11 is 0. The second-order valence-corrected chi connectivity index (χ2v) is 16.1. The Morgan fingerprint density at radius 3 is 1.86 bits per heavy atom. The zero-order valence-corrected chi connectivity index (χ0v) is 32.4. The van der Waals surface area contributed by atoms with Gasteiger partial charge in [-0.1, -0.05) is 36.4 Å². The summed E-state index contributed by atoms with van der Waals surface area (Å²) in [5, 5.41) is 0. The number of nitrogens with zero attached hydrogens (tertiary/aromatic N) is 2. The van der Waals surface area contributed by atoms with Crippen LogP contribution < -0.4 is 20.9 Å². The Morgan fingerprint density at radius 2 is 1.32 bits per heavy atom. The van der Waals surface area contributed by atoms with E-state index in [1.165, 1.54) is 22.3 Å². The van der Waals surface area contributed by atoms with Crippen LogP contribution in [0.25, 0.3) is 0 Å². The van der Waals surface area contributed by atoms with Gasteiger partial charge in [0, 0.05) is 94.2 Å². The van der Waals surface area contributed by atoms with E-state index in [-0.39, 0.29) is 68.0 Å². The standard InChI is InChI=1S/C20H24N2O3.C19H22N2O3.Y/c1-22(2)9-8-20-13-6-7-15(24-3)18(20)25-17-12(19(21)23)5-4-11(16(17)20)10-14(13)22;1-21-8-7-19-12-5-6-14(23-2)17(19)24-16-11(18(20)22)4-3-10(15(16)19)9-13(12)21;/h4-7,13-15,18H,8-10H2,1-3H3,(H-,21,23);3-6,12-14,17H,7-9H2,1-2H3,(H2,20,22);/p+1. The number of hydrogen-bond donors (Lipinski definition) is 2. The minimum atomic E-state index is -0.420. The predicted octanol–water partition coefficient (Wildman–Crippen LogP) is 2.63. The van der Waals surface area contributed by atoms with Gasteiger partial charge in [0.2, 0.25) is 0 Å². The van der Waals surface area contributed by atoms with Crippen LogP contribution in [0.15, 0.2) is 48.6 Å². The number of likely N-dealkylation sites (N-methyl/N-ethyl adjacent to an activating group) is 2. The van der Waals surface area contributed by atoms with Gasteiger partial charge in [-0.3, -0.25) is 9.59 Å². The number of benzene rings is 2. The van der Waals surface area contributed by atoms with Crippen molar-refractivity contribution in [2.45, 2.75) is 73.0 Å². The van der Waals surface area contributed by atoms with Crippen molar-refractivity contribution in [3.05, 3.63) is 82.0 Å². The predicted molar refractivity (Wildman–Crippen MR) is 183 cm³/mol. The smallest absolute Gasteiger partial charge is 0.252 e. The monoisotopic (exact) mass is 756 g/mol. The molecule has 8 aliphatic rings. The van der Waals surface area contributed by atoms with E-state index < -0.39 is 11.8 Å². The van der Waals surface area contributed by atoms with Crippen LogP contribution in [-0.4, -0.2) is 106 Å². The van der Waals surface area contributed by atoms with Crippen LogP contribution in [-0.2, 0) is 65.9 Å². The number of rotatable bonds is 4. The Hall–Kier alpha value is -2.60. The third kappa shape index (κ3) is 4.29. The molecule has 11 heteroatoms. The molecule has 2 aromatic rings. The summed E-state index contributed by atoms with van der Waals surface area (Å²) < 4.78 is 25.4. The Labute approximate surface area is 318 Å². The van der Waals surface area contributed by atoms with E-state index in [0.29, 0.717) is 40.8 Å². The van der Waals surface area contributed by atoms with E-state index in [0.717, 1.165) is 49.0 Å². The van der Waals surface area contributed by atoms with Crippen molar-refractivity contribution >= 4 is 11.8 Å². The summed E-state index contributed by atoms with van der Waals surface area (Å²) in [5.74, 6) is 1.39. The van der Waals surface area contributed by atoms with E-state index in [4.69, 9.17) is 30.4 Å². The second kappa shape index (κ2) is 11.7. The average Bonchev–Trinajstić information content (AvgIpc) is 3.61. The molecule has 4 aliphatic heterocycles. The maximum atomic E-state index is 12.0. The van der Waals surface area contributed by atoms with Crippen LogP contribution in [0.1, 0.15) is 55.8 Å². The van der Waals surface area contributed by atoms with E-state index >= 15 is 0 Å². The number of nitrogens with two attached hydrogens (primary N) is 2. The quantitative estimate of drug-likeness (QED) is 0.363. The van der Waals surface area contributed by atoms with Gasteiger partial charge in [0.05, 0.1) is 37.2 Å². The molecule has 10 unspecified atom stereocenters. The molecule has 4 aliphatic carbocycles. The molecule has 50 heavy (non-hydrogen) atoms. The first-order valence-electron chi connectivity index (χ1n) is 17.7. The van der Waals surface area contributed by atoms with Crippen LogP contribution in [0.2, 0.25) is 0 Å². The van der Waals surface area contributed by atoms with Crippen LogP contribution in [0.3, 0.4) is 0 Å². The van der Waals surface area contributed by atoms with Crippen molar-refractivity contribution in [1.29, 1.82) is 0 Å². The number of carbonyl (C=O) groups is 2. The Kier molecular flexibility index (Phi) is 8.07. The minimum absolute atomic E-state index is 0. The van der Waals surface area contributed by atoms with E-state index in [2.05, 4.69) is 62.5 Å². The van der Waals surface area contributed by atoms with Gasteiger partial charge in [-0.05, 0) is 49.7 Å². The molecule has 2 aromatic carbocycles. The van der Waals surface area contributed by atoms with Crippen molar-refractivity contribution in [2.75, 3.05) is 48.5 Å². The van der Waals surface area contributed by atoms with Gasteiger partial charge in [0.25, 0.3) is 11.8 Å². The topological polar surface area (TPSA) is 126 Å². The van der Waals surface area contributed by atoms with Gasteiger partial charge in [-0.2, -0.15) is 0 Å². The molecular formula is C39H47N4O6Y+. The fourth-order valence-corrected chi connectivity index (χ4v) is 11.6. The normalized spacial score (nSPS) is 37.9. The number of hydrogen-bond acceptors (Lipinski definition) is 7. The molecule has 10 rings (SSSR count). The third-order valence-electron chi connectivity index (χ3n) is 13.9. The fraction of sp³-hybridized carbons (Fsp3) is 0.538. The largest absolute Gasteiger partial charge is 0.485 e. The Balaban J connectivity index is 0.000000142. The van der Waals surface area contributed by atoms with Gasteiger partial charge in [-0.15, -0.1) is 0 Å².